The number of pyridine rings is 1. The van der Waals surface area contributed by atoms with Crippen molar-refractivity contribution in [3.8, 4) is 5.75 Å². The van der Waals surface area contributed by atoms with Gasteiger partial charge in [-0.2, -0.15) is 4.73 Å². The molecule has 0 spiro atoms. The lowest BCUT2D eigenvalue weighted by Gasteiger charge is -2.36. The molecule has 1 aliphatic rings. The highest BCUT2D eigenvalue weighted by Crippen LogP contribution is 2.31. The second-order valence-electron chi connectivity index (χ2n) is 7.35. The van der Waals surface area contributed by atoms with Crippen molar-refractivity contribution >= 4 is 38.0 Å². The molecule has 2 aromatic heterocycles. The van der Waals surface area contributed by atoms with E-state index in [9.17, 15) is 5.21 Å². The van der Waals surface area contributed by atoms with Crippen molar-refractivity contribution in [3.63, 3.8) is 0 Å². The molecule has 3 heterocycles. The van der Waals surface area contributed by atoms with Gasteiger partial charge in [-0.05, 0) is 29.6 Å². The van der Waals surface area contributed by atoms with E-state index in [2.05, 4.69) is 39.4 Å². The van der Waals surface area contributed by atoms with Crippen molar-refractivity contribution < 1.29 is 9.47 Å². The summed E-state index contributed by atoms with van der Waals surface area (Å²) in [5, 5.41) is 16.6. The fourth-order valence-electron chi connectivity index (χ4n) is 4.02. The molecule has 0 radical (unpaired) electrons. The van der Waals surface area contributed by atoms with Gasteiger partial charge in [-0.15, -0.1) is 11.3 Å². The normalized spacial score (nSPS) is 15.2. The molecule has 0 N–H and O–H groups in total. The van der Waals surface area contributed by atoms with Gasteiger partial charge in [0, 0.05) is 60.6 Å². The first-order chi connectivity index (χ1) is 14.3. The lowest BCUT2D eigenvalue weighted by molar-refractivity contribution is -0.577. The number of aromatic nitrogens is 1. The lowest BCUT2D eigenvalue weighted by atomic mass is 10.2. The van der Waals surface area contributed by atoms with E-state index in [-0.39, 0.29) is 0 Å². The molecule has 5 rings (SSSR count). The minimum absolute atomic E-state index is 0.582. The number of hydrogen-bond acceptors (Lipinski definition) is 5. The minimum Gasteiger partial charge on any atom is -0.618 e. The van der Waals surface area contributed by atoms with E-state index in [4.69, 9.17) is 4.74 Å². The second kappa shape index (κ2) is 7.89. The van der Waals surface area contributed by atoms with Gasteiger partial charge in [0.25, 0.3) is 0 Å². The van der Waals surface area contributed by atoms with Crippen LogP contribution in [0.2, 0.25) is 0 Å². The fraction of sp³-hybridized carbons (Fsp3) is 0.261. The van der Waals surface area contributed by atoms with Crippen molar-refractivity contribution in [1.82, 2.24) is 4.90 Å². The molecule has 1 aliphatic heterocycles. The van der Waals surface area contributed by atoms with Gasteiger partial charge in [0.15, 0.2) is 5.75 Å². The summed E-state index contributed by atoms with van der Waals surface area (Å²) < 4.78 is 8.12. The summed E-state index contributed by atoms with van der Waals surface area (Å²) in [6.45, 7) is 5.52. The van der Waals surface area contributed by atoms with Gasteiger partial charge in [-0.1, -0.05) is 18.2 Å². The van der Waals surface area contributed by atoms with Gasteiger partial charge < -0.3 is 14.8 Å². The first-order valence-corrected chi connectivity index (χ1v) is 10.8. The number of hydrogen-bond donors (Lipinski definition) is 0. The van der Waals surface area contributed by atoms with E-state index in [0.717, 1.165) is 42.8 Å². The average Bonchev–Trinajstić information content (AvgIpc) is 3.23. The third-order valence-corrected chi connectivity index (χ3v) is 6.46. The first-order valence-electron chi connectivity index (χ1n) is 9.96. The number of nitrogens with zero attached hydrogens (tertiary/aromatic N) is 3. The number of rotatable bonds is 5. The molecule has 29 heavy (non-hydrogen) atoms. The summed E-state index contributed by atoms with van der Waals surface area (Å²) >= 11 is 1.80. The maximum absolute atomic E-state index is 12.1. The molecular weight excluding hydrogens is 382 g/mol. The van der Waals surface area contributed by atoms with Gasteiger partial charge in [0.05, 0.1) is 5.39 Å². The van der Waals surface area contributed by atoms with Crippen LogP contribution >= 0.6 is 11.3 Å². The zero-order valence-corrected chi connectivity index (χ0v) is 17.0. The first kappa shape index (κ1) is 18.2. The maximum atomic E-state index is 12.1. The van der Waals surface area contributed by atoms with Crippen LogP contribution < -0.4 is 14.4 Å². The van der Waals surface area contributed by atoms with E-state index in [1.165, 1.54) is 22.0 Å². The number of anilines is 1. The Hall–Kier alpha value is -2.83. The minimum atomic E-state index is 0.582. The summed E-state index contributed by atoms with van der Waals surface area (Å²) in [5.41, 5.74) is 2.01. The summed E-state index contributed by atoms with van der Waals surface area (Å²) in [5.74, 6) is 0.626. The van der Waals surface area contributed by atoms with Gasteiger partial charge in [0.2, 0.25) is 11.7 Å². The molecule has 148 valence electrons. The molecule has 1 saturated heterocycles. The van der Waals surface area contributed by atoms with Crippen molar-refractivity contribution in [2.45, 2.75) is 0 Å². The lowest BCUT2D eigenvalue weighted by Crippen LogP contribution is -2.47. The Morgan fingerprint density at radius 3 is 2.76 bits per heavy atom. The van der Waals surface area contributed by atoms with E-state index in [1.807, 2.05) is 30.3 Å². The largest absolute Gasteiger partial charge is 0.618 e. The molecule has 4 aromatic rings. The van der Waals surface area contributed by atoms with Gasteiger partial charge in [-0.25, -0.2) is 0 Å². The molecule has 1 fully saturated rings. The SMILES string of the molecule is [O-][n+]1cc(OCCN2CCN(c3cccc4sccc34)CC2)cc2ccccc21. The Labute approximate surface area is 173 Å². The van der Waals surface area contributed by atoms with Crippen molar-refractivity contribution in [2.75, 3.05) is 44.2 Å². The van der Waals surface area contributed by atoms with Gasteiger partial charge in [-0.3, -0.25) is 4.90 Å². The Balaban J connectivity index is 1.16. The number of thiophene rings is 1. The molecular formula is C23H23N3O2S. The van der Waals surface area contributed by atoms with E-state index in [1.54, 1.807) is 11.3 Å². The number of para-hydroxylation sites is 1. The van der Waals surface area contributed by atoms with Crippen LogP contribution in [0.1, 0.15) is 0 Å². The molecule has 0 unspecified atom stereocenters. The van der Waals surface area contributed by atoms with Crippen LogP contribution in [-0.2, 0) is 0 Å². The number of piperazine rings is 1. The Kier molecular flexibility index (Phi) is 4.96. The van der Waals surface area contributed by atoms with Crippen molar-refractivity contribution in [3.05, 3.63) is 71.4 Å². The molecule has 0 atom stereocenters. The molecule has 0 amide bonds. The van der Waals surface area contributed by atoms with Crippen LogP contribution in [0.3, 0.4) is 0 Å². The highest BCUT2D eigenvalue weighted by atomic mass is 32.1. The summed E-state index contributed by atoms with van der Waals surface area (Å²) in [6.07, 6.45) is 1.52. The topological polar surface area (TPSA) is 42.7 Å². The third kappa shape index (κ3) is 3.73. The highest BCUT2D eigenvalue weighted by molar-refractivity contribution is 7.17. The zero-order chi connectivity index (χ0) is 19.6. The van der Waals surface area contributed by atoms with Crippen molar-refractivity contribution in [2.24, 2.45) is 0 Å². The Bertz CT molecular complexity index is 1140. The molecule has 0 bridgehead atoms. The monoisotopic (exact) mass is 405 g/mol. The molecule has 5 nitrogen and oxygen atoms in total. The summed E-state index contributed by atoms with van der Waals surface area (Å²) in [7, 11) is 0. The van der Waals surface area contributed by atoms with E-state index >= 15 is 0 Å². The smallest absolute Gasteiger partial charge is 0.223 e. The number of benzene rings is 2. The van der Waals surface area contributed by atoms with E-state index < -0.39 is 0 Å². The van der Waals surface area contributed by atoms with Crippen LogP contribution in [0.5, 0.6) is 5.75 Å². The Morgan fingerprint density at radius 1 is 1.00 bits per heavy atom. The highest BCUT2D eigenvalue weighted by Gasteiger charge is 2.19. The molecule has 6 heteroatoms. The maximum Gasteiger partial charge on any atom is 0.223 e. The predicted octanol–water partition coefficient (Wildman–Crippen LogP) is 3.89. The molecule has 2 aromatic carbocycles. The summed E-state index contributed by atoms with van der Waals surface area (Å²) in [6, 6.07) is 18.3. The standard InChI is InChI=1S/C23H23N3O2S/c27-26-17-19(16-18-4-1-2-5-21(18)26)28-14-13-24-9-11-25(12-10-24)22-6-3-7-23-20(22)8-15-29-23/h1-8,15-17H,9-14H2. The second-order valence-corrected chi connectivity index (χ2v) is 8.29. The predicted molar refractivity (Wildman–Crippen MR) is 119 cm³/mol. The van der Waals surface area contributed by atoms with Gasteiger partial charge >= 0.3 is 0 Å². The van der Waals surface area contributed by atoms with E-state index in [0.29, 0.717) is 17.9 Å². The van der Waals surface area contributed by atoms with Gasteiger partial charge in [0.1, 0.15) is 6.61 Å². The van der Waals surface area contributed by atoms with Crippen LogP contribution in [0.15, 0.2) is 66.2 Å². The third-order valence-electron chi connectivity index (χ3n) is 5.58. The van der Waals surface area contributed by atoms with Crippen molar-refractivity contribution in [1.29, 1.82) is 0 Å². The van der Waals surface area contributed by atoms with Crippen LogP contribution in [0, 0.1) is 5.21 Å². The number of ether oxygens (including phenoxy) is 1. The Morgan fingerprint density at radius 2 is 1.86 bits per heavy atom. The van der Waals surface area contributed by atoms with Crippen LogP contribution in [0.25, 0.3) is 21.0 Å². The molecule has 0 saturated carbocycles. The van der Waals surface area contributed by atoms with Crippen LogP contribution in [0.4, 0.5) is 5.69 Å². The van der Waals surface area contributed by atoms with Crippen LogP contribution in [-0.4, -0.2) is 44.2 Å². The quantitative estimate of drug-likeness (QED) is 0.373. The average molecular weight is 406 g/mol. The zero-order valence-electron chi connectivity index (χ0n) is 16.2. The number of fused-ring (bicyclic) bond motifs is 2. The molecule has 0 aliphatic carbocycles. The summed E-state index contributed by atoms with van der Waals surface area (Å²) in [4.78, 5) is 4.91. The fourth-order valence-corrected chi connectivity index (χ4v) is 4.83.